The molecule has 0 radical (unpaired) electrons. The van der Waals surface area contributed by atoms with Crippen LogP contribution < -0.4 is 10.6 Å². The van der Waals surface area contributed by atoms with Crippen molar-refractivity contribution < 1.29 is 24.5 Å². The summed E-state index contributed by atoms with van der Waals surface area (Å²) in [6.07, 6.45) is -0.0272. The van der Waals surface area contributed by atoms with Crippen LogP contribution in [0.4, 0.5) is 4.79 Å². The third-order valence-corrected chi connectivity index (χ3v) is 2.64. The lowest BCUT2D eigenvalue weighted by atomic mass is 10.1. The molecule has 0 aromatic heterocycles. The summed E-state index contributed by atoms with van der Waals surface area (Å²) in [7, 11) is 0. The highest BCUT2D eigenvalue weighted by Gasteiger charge is 2.22. The molecule has 7 nitrogen and oxygen atoms in total. The van der Waals surface area contributed by atoms with Crippen molar-refractivity contribution in [2.24, 2.45) is 5.92 Å². The number of carbonyl (C=O) groups is 2. The van der Waals surface area contributed by atoms with Crippen molar-refractivity contribution in [3.63, 3.8) is 0 Å². The standard InChI is InChI=1S/C12H24N2O5/c1-4-19-7-10(8(2)3)14-12(18)13-9(5-6-15)11(16)17/h8-10,15H,4-7H2,1-3H3,(H,16,17)(H2,13,14,18)/t9-,10?/m0/s1. The molecule has 0 saturated heterocycles. The number of aliphatic hydroxyl groups is 1. The molecule has 0 saturated carbocycles. The first-order chi connectivity index (χ1) is 8.92. The van der Waals surface area contributed by atoms with Gasteiger partial charge in [-0.2, -0.15) is 0 Å². The van der Waals surface area contributed by atoms with E-state index in [1.165, 1.54) is 0 Å². The van der Waals surface area contributed by atoms with Crippen LogP contribution in [0.25, 0.3) is 0 Å². The topological polar surface area (TPSA) is 108 Å². The number of aliphatic hydroxyl groups excluding tert-OH is 1. The van der Waals surface area contributed by atoms with Crippen LogP contribution in [0.5, 0.6) is 0 Å². The van der Waals surface area contributed by atoms with Crippen molar-refractivity contribution in [3.8, 4) is 0 Å². The number of carboxylic acid groups (broad SMARTS) is 1. The summed E-state index contributed by atoms with van der Waals surface area (Å²) in [4.78, 5) is 22.5. The number of carbonyl (C=O) groups excluding carboxylic acids is 1. The Balaban J connectivity index is 4.34. The van der Waals surface area contributed by atoms with Gasteiger partial charge in [0.2, 0.25) is 0 Å². The van der Waals surface area contributed by atoms with Crippen molar-refractivity contribution >= 4 is 12.0 Å². The summed E-state index contributed by atoms with van der Waals surface area (Å²) in [6.45, 7) is 6.36. The summed E-state index contributed by atoms with van der Waals surface area (Å²) >= 11 is 0. The van der Waals surface area contributed by atoms with Crippen molar-refractivity contribution in [1.29, 1.82) is 0 Å². The summed E-state index contributed by atoms with van der Waals surface area (Å²) in [5.41, 5.74) is 0. The third-order valence-electron chi connectivity index (χ3n) is 2.64. The first-order valence-corrected chi connectivity index (χ1v) is 6.40. The van der Waals surface area contributed by atoms with Gasteiger partial charge in [0.15, 0.2) is 0 Å². The van der Waals surface area contributed by atoms with Gasteiger partial charge in [0.1, 0.15) is 6.04 Å². The first kappa shape index (κ1) is 17.7. The lowest BCUT2D eigenvalue weighted by Crippen LogP contribution is -2.51. The molecule has 0 aromatic rings. The molecule has 1 unspecified atom stereocenters. The van der Waals surface area contributed by atoms with Gasteiger partial charge in [0.25, 0.3) is 0 Å². The minimum Gasteiger partial charge on any atom is -0.480 e. The average molecular weight is 276 g/mol. The van der Waals surface area contributed by atoms with Crippen LogP contribution in [-0.4, -0.2) is 54.1 Å². The summed E-state index contributed by atoms with van der Waals surface area (Å²) in [6, 6.07) is -1.85. The van der Waals surface area contributed by atoms with Crippen LogP contribution in [0.15, 0.2) is 0 Å². The number of amides is 2. The van der Waals surface area contributed by atoms with E-state index in [0.717, 1.165) is 0 Å². The second-order valence-corrected chi connectivity index (χ2v) is 4.53. The fourth-order valence-electron chi connectivity index (χ4n) is 1.40. The fraction of sp³-hybridized carbons (Fsp3) is 0.833. The second-order valence-electron chi connectivity index (χ2n) is 4.53. The Morgan fingerprint density at radius 2 is 1.89 bits per heavy atom. The molecule has 112 valence electrons. The highest BCUT2D eigenvalue weighted by atomic mass is 16.5. The van der Waals surface area contributed by atoms with Gasteiger partial charge in [0.05, 0.1) is 12.6 Å². The molecular weight excluding hydrogens is 252 g/mol. The second kappa shape index (κ2) is 9.57. The molecule has 2 amide bonds. The predicted molar refractivity (Wildman–Crippen MR) is 69.9 cm³/mol. The Labute approximate surface area is 113 Å². The number of carboxylic acids is 1. The largest absolute Gasteiger partial charge is 0.480 e. The normalized spacial score (nSPS) is 13.9. The zero-order valence-corrected chi connectivity index (χ0v) is 11.7. The van der Waals surface area contributed by atoms with Gasteiger partial charge in [-0.15, -0.1) is 0 Å². The quantitative estimate of drug-likeness (QED) is 0.480. The van der Waals surface area contributed by atoms with Gasteiger partial charge >= 0.3 is 12.0 Å². The Hall–Kier alpha value is -1.34. The van der Waals surface area contributed by atoms with Gasteiger partial charge in [-0.3, -0.25) is 0 Å². The summed E-state index contributed by atoms with van der Waals surface area (Å²) in [5.74, 6) is -1.01. The van der Waals surface area contributed by atoms with Gasteiger partial charge in [-0.25, -0.2) is 9.59 Å². The highest BCUT2D eigenvalue weighted by molar-refractivity contribution is 5.82. The van der Waals surface area contributed by atoms with Crippen LogP contribution in [-0.2, 0) is 9.53 Å². The molecule has 0 spiro atoms. The van der Waals surface area contributed by atoms with Crippen LogP contribution in [0.1, 0.15) is 27.2 Å². The monoisotopic (exact) mass is 276 g/mol. The molecule has 0 fully saturated rings. The van der Waals surface area contributed by atoms with E-state index in [1.54, 1.807) is 0 Å². The third kappa shape index (κ3) is 7.63. The lowest BCUT2D eigenvalue weighted by Gasteiger charge is -2.23. The van der Waals surface area contributed by atoms with E-state index >= 15 is 0 Å². The highest BCUT2D eigenvalue weighted by Crippen LogP contribution is 2.02. The molecule has 4 N–H and O–H groups in total. The smallest absolute Gasteiger partial charge is 0.326 e. The molecule has 0 rings (SSSR count). The molecule has 2 atom stereocenters. The lowest BCUT2D eigenvalue weighted by molar-refractivity contribution is -0.139. The molecule has 0 aliphatic carbocycles. The number of hydrogen-bond donors (Lipinski definition) is 4. The van der Waals surface area contributed by atoms with Gasteiger partial charge in [-0.1, -0.05) is 13.8 Å². The van der Waals surface area contributed by atoms with E-state index in [2.05, 4.69) is 10.6 Å². The Bertz CT molecular complexity index is 283. The van der Waals surface area contributed by atoms with Crippen molar-refractivity contribution in [3.05, 3.63) is 0 Å². The number of rotatable bonds is 9. The fourth-order valence-corrected chi connectivity index (χ4v) is 1.40. The SMILES string of the molecule is CCOCC(NC(=O)N[C@@H](CCO)C(=O)O)C(C)C. The van der Waals surface area contributed by atoms with Crippen molar-refractivity contribution in [2.45, 2.75) is 39.3 Å². The number of nitrogens with one attached hydrogen (secondary N) is 2. The molecular formula is C12H24N2O5. The van der Waals surface area contributed by atoms with Gasteiger partial charge in [0, 0.05) is 19.6 Å². The van der Waals surface area contributed by atoms with Gasteiger partial charge < -0.3 is 25.6 Å². The van der Waals surface area contributed by atoms with Crippen molar-refractivity contribution in [2.75, 3.05) is 19.8 Å². The van der Waals surface area contributed by atoms with Crippen LogP contribution in [0.3, 0.4) is 0 Å². The number of hydrogen-bond acceptors (Lipinski definition) is 4. The zero-order chi connectivity index (χ0) is 14.8. The first-order valence-electron chi connectivity index (χ1n) is 6.40. The Morgan fingerprint density at radius 3 is 2.32 bits per heavy atom. The average Bonchev–Trinajstić information content (AvgIpc) is 2.33. The maximum absolute atomic E-state index is 11.7. The van der Waals surface area contributed by atoms with Crippen LogP contribution in [0.2, 0.25) is 0 Å². The van der Waals surface area contributed by atoms with Crippen molar-refractivity contribution in [1.82, 2.24) is 10.6 Å². The molecule has 0 bridgehead atoms. The van der Waals surface area contributed by atoms with E-state index in [-0.39, 0.29) is 25.0 Å². The molecule has 0 aromatic carbocycles. The molecule has 0 aliphatic rings. The number of aliphatic carboxylic acids is 1. The molecule has 0 aliphatic heterocycles. The van der Waals surface area contributed by atoms with E-state index < -0.39 is 18.0 Å². The predicted octanol–water partition coefficient (Wildman–Crippen LogP) is 0.182. The molecule has 7 heteroatoms. The summed E-state index contributed by atoms with van der Waals surface area (Å²) in [5, 5.41) is 22.6. The number of urea groups is 1. The maximum atomic E-state index is 11.7. The van der Waals surface area contributed by atoms with E-state index in [0.29, 0.717) is 13.2 Å². The van der Waals surface area contributed by atoms with E-state index in [4.69, 9.17) is 14.9 Å². The molecule has 19 heavy (non-hydrogen) atoms. The Morgan fingerprint density at radius 1 is 1.26 bits per heavy atom. The molecule has 0 heterocycles. The maximum Gasteiger partial charge on any atom is 0.326 e. The Kier molecular flexibility index (Phi) is 8.90. The summed E-state index contributed by atoms with van der Waals surface area (Å²) < 4.78 is 5.26. The van der Waals surface area contributed by atoms with E-state index in [1.807, 2.05) is 20.8 Å². The van der Waals surface area contributed by atoms with Crippen LogP contribution >= 0.6 is 0 Å². The van der Waals surface area contributed by atoms with Crippen LogP contribution in [0, 0.1) is 5.92 Å². The zero-order valence-electron chi connectivity index (χ0n) is 11.7. The van der Waals surface area contributed by atoms with E-state index in [9.17, 15) is 9.59 Å². The minimum absolute atomic E-state index is 0.0272. The number of ether oxygens (including phenoxy) is 1. The van der Waals surface area contributed by atoms with Gasteiger partial charge in [-0.05, 0) is 12.8 Å². The minimum atomic E-state index is -1.17.